The molecular weight excluding hydrogens is 260 g/mol. The molecule has 0 bridgehead atoms. The molecule has 0 saturated heterocycles. The van der Waals surface area contributed by atoms with Crippen LogP contribution in [0.3, 0.4) is 0 Å². The van der Waals surface area contributed by atoms with Crippen molar-refractivity contribution in [2.24, 2.45) is 5.73 Å². The van der Waals surface area contributed by atoms with E-state index in [9.17, 15) is 4.79 Å². The highest BCUT2D eigenvalue weighted by atomic mass is 16.2. The highest BCUT2D eigenvalue weighted by Crippen LogP contribution is 2.40. The van der Waals surface area contributed by atoms with Crippen LogP contribution in [0.2, 0.25) is 0 Å². The van der Waals surface area contributed by atoms with E-state index in [-0.39, 0.29) is 17.4 Å². The second-order valence-electron chi connectivity index (χ2n) is 6.94. The number of benzene rings is 1. The molecule has 1 heterocycles. The SMILES string of the molecule is CC(C)N1Cc2ccc(C3(CN)CCCCC3)cc2C1=O. The summed E-state index contributed by atoms with van der Waals surface area (Å²) in [5.41, 5.74) is 9.58. The van der Waals surface area contributed by atoms with Gasteiger partial charge in [-0.15, -0.1) is 0 Å². The Hall–Kier alpha value is -1.35. The van der Waals surface area contributed by atoms with Crippen molar-refractivity contribution >= 4 is 5.91 Å². The Labute approximate surface area is 127 Å². The summed E-state index contributed by atoms with van der Waals surface area (Å²) in [6.45, 7) is 5.59. The van der Waals surface area contributed by atoms with Gasteiger partial charge in [-0.3, -0.25) is 4.79 Å². The van der Waals surface area contributed by atoms with Gasteiger partial charge in [-0.1, -0.05) is 31.4 Å². The molecule has 2 aliphatic rings. The fourth-order valence-corrected chi connectivity index (χ4v) is 3.91. The first-order chi connectivity index (χ1) is 10.1. The Bertz CT molecular complexity index is 544. The van der Waals surface area contributed by atoms with Crippen LogP contribution in [0.25, 0.3) is 0 Å². The minimum absolute atomic E-state index is 0.0960. The van der Waals surface area contributed by atoms with Crippen molar-refractivity contribution in [2.45, 2.75) is 64.0 Å². The summed E-state index contributed by atoms with van der Waals surface area (Å²) < 4.78 is 0. The molecule has 1 saturated carbocycles. The van der Waals surface area contributed by atoms with Crippen molar-refractivity contribution < 1.29 is 4.79 Å². The Balaban J connectivity index is 1.96. The maximum atomic E-state index is 12.6. The molecule has 114 valence electrons. The van der Waals surface area contributed by atoms with Crippen LogP contribution in [0, 0.1) is 0 Å². The van der Waals surface area contributed by atoms with Crippen molar-refractivity contribution in [3.8, 4) is 0 Å². The van der Waals surface area contributed by atoms with Gasteiger partial charge in [0.05, 0.1) is 0 Å². The summed E-state index contributed by atoms with van der Waals surface area (Å²) in [5, 5.41) is 0. The molecule has 0 unspecified atom stereocenters. The van der Waals surface area contributed by atoms with Crippen LogP contribution in [0.1, 0.15) is 67.4 Å². The molecule has 0 radical (unpaired) electrons. The van der Waals surface area contributed by atoms with Crippen LogP contribution in [0.15, 0.2) is 18.2 Å². The minimum Gasteiger partial charge on any atom is -0.332 e. The highest BCUT2D eigenvalue weighted by molar-refractivity contribution is 5.98. The lowest BCUT2D eigenvalue weighted by atomic mass is 9.69. The lowest BCUT2D eigenvalue weighted by Gasteiger charge is -2.37. The van der Waals surface area contributed by atoms with Crippen molar-refractivity contribution in [3.63, 3.8) is 0 Å². The molecule has 2 N–H and O–H groups in total. The fourth-order valence-electron chi connectivity index (χ4n) is 3.91. The van der Waals surface area contributed by atoms with E-state index >= 15 is 0 Å². The van der Waals surface area contributed by atoms with Crippen LogP contribution >= 0.6 is 0 Å². The molecule has 0 aromatic heterocycles. The van der Waals surface area contributed by atoms with Gasteiger partial charge in [0.1, 0.15) is 0 Å². The Morgan fingerprint density at radius 1 is 1.24 bits per heavy atom. The number of carbonyl (C=O) groups is 1. The third-order valence-corrected chi connectivity index (χ3v) is 5.38. The zero-order valence-corrected chi connectivity index (χ0v) is 13.2. The van der Waals surface area contributed by atoms with E-state index in [1.165, 1.54) is 30.4 Å². The van der Waals surface area contributed by atoms with Gasteiger partial charge < -0.3 is 10.6 Å². The molecule has 3 nitrogen and oxygen atoms in total. The average molecular weight is 286 g/mol. The number of carbonyl (C=O) groups excluding carboxylic acids is 1. The number of nitrogens with zero attached hydrogens (tertiary/aromatic N) is 1. The van der Waals surface area contributed by atoms with Crippen LogP contribution in [0.5, 0.6) is 0 Å². The van der Waals surface area contributed by atoms with E-state index in [0.29, 0.717) is 6.54 Å². The van der Waals surface area contributed by atoms with Crippen LogP contribution in [-0.4, -0.2) is 23.4 Å². The van der Waals surface area contributed by atoms with Crippen molar-refractivity contribution in [3.05, 3.63) is 34.9 Å². The van der Waals surface area contributed by atoms with E-state index < -0.39 is 0 Å². The van der Waals surface area contributed by atoms with Crippen molar-refractivity contribution in [2.75, 3.05) is 6.54 Å². The molecule has 1 aromatic rings. The van der Waals surface area contributed by atoms with E-state index in [1.807, 2.05) is 4.90 Å². The molecule has 3 heteroatoms. The first-order valence-electron chi connectivity index (χ1n) is 8.22. The number of rotatable bonds is 3. The Morgan fingerprint density at radius 3 is 2.57 bits per heavy atom. The van der Waals surface area contributed by atoms with E-state index in [2.05, 4.69) is 32.0 Å². The predicted octanol–water partition coefficient (Wildman–Crippen LogP) is 3.21. The number of hydrogen-bond donors (Lipinski definition) is 1. The second-order valence-corrected chi connectivity index (χ2v) is 6.94. The van der Waals surface area contributed by atoms with Gasteiger partial charge in [0.25, 0.3) is 5.91 Å². The monoisotopic (exact) mass is 286 g/mol. The predicted molar refractivity (Wildman–Crippen MR) is 85.3 cm³/mol. The summed E-state index contributed by atoms with van der Waals surface area (Å²) in [6, 6.07) is 6.76. The number of nitrogens with two attached hydrogens (primary N) is 1. The molecule has 1 amide bonds. The zero-order valence-electron chi connectivity index (χ0n) is 13.2. The van der Waals surface area contributed by atoms with E-state index in [1.54, 1.807) is 0 Å². The Morgan fingerprint density at radius 2 is 1.95 bits per heavy atom. The number of fused-ring (bicyclic) bond motifs is 1. The Kier molecular flexibility index (Phi) is 3.78. The summed E-state index contributed by atoms with van der Waals surface area (Å²) >= 11 is 0. The fraction of sp³-hybridized carbons (Fsp3) is 0.611. The second kappa shape index (κ2) is 5.45. The lowest BCUT2D eigenvalue weighted by Crippen LogP contribution is -2.37. The summed E-state index contributed by atoms with van der Waals surface area (Å²) in [6.07, 6.45) is 6.13. The highest BCUT2D eigenvalue weighted by Gasteiger charge is 2.35. The summed E-state index contributed by atoms with van der Waals surface area (Å²) in [7, 11) is 0. The third kappa shape index (κ3) is 2.38. The van der Waals surface area contributed by atoms with Gasteiger partial charge in [-0.05, 0) is 43.9 Å². The first kappa shape index (κ1) is 14.6. The van der Waals surface area contributed by atoms with Gasteiger partial charge in [0.2, 0.25) is 0 Å². The van der Waals surface area contributed by atoms with E-state index in [4.69, 9.17) is 5.73 Å². The zero-order chi connectivity index (χ0) is 15.0. The molecular formula is C18H26N2O. The topological polar surface area (TPSA) is 46.3 Å². The van der Waals surface area contributed by atoms with Gasteiger partial charge >= 0.3 is 0 Å². The van der Waals surface area contributed by atoms with Crippen LogP contribution in [-0.2, 0) is 12.0 Å². The molecule has 1 aromatic carbocycles. The normalized spacial score (nSPS) is 21.0. The first-order valence-corrected chi connectivity index (χ1v) is 8.22. The van der Waals surface area contributed by atoms with Gasteiger partial charge in [0, 0.05) is 30.1 Å². The van der Waals surface area contributed by atoms with Gasteiger partial charge in [0.15, 0.2) is 0 Å². The number of hydrogen-bond acceptors (Lipinski definition) is 2. The largest absolute Gasteiger partial charge is 0.332 e. The van der Waals surface area contributed by atoms with Gasteiger partial charge in [-0.25, -0.2) is 0 Å². The molecule has 1 aliphatic carbocycles. The van der Waals surface area contributed by atoms with Crippen LogP contribution < -0.4 is 5.73 Å². The summed E-state index contributed by atoms with van der Waals surface area (Å²) in [5.74, 6) is 0.185. The van der Waals surface area contributed by atoms with Crippen molar-refractivity contribution in [1.29, 1.82) is 0 Å². The third-order valence-electron chi connectivity index (χ3n) is 5.38. The van der Waals surface area contributed by atoms with Crippen molar-refractivity contribution in [1.82, 2.24) is 4.90 Å². The molecule has 3 rings (SSSR count). The number of amides is 1. The average Bonchev–Trinajstić information content (AvgIpc) is 2.85. The lowest BCUT2D eigenvalue weighted by molar-refractivity contribution is 0.0730. The quantitative estimate of drug-likeness (QED) is 0.927. The molecule has 0 atom stereocenters. The minimum atomic E-state index is 0.0960. The summed E-state index contributed by atoms with van der Waals surface area (Å²) in [4.78, 5) is 14.5. The standard InChI is InChI=1S/C18H26N2O/c1-13(2)20-11-14-6-7-15(10-16(14)17(20)21)18(12-19)8-4-3-5-9-18/h6-7,10,13H,3-5,8-9,11-12,19H2,1-2H3. The maximum Gasteiger partial charge on any atom is 0.254 e. The van der Waals surface area contributed by atoms with Gasteiger partial charge in [-0.2, -0.15) is 0 Å². The van der Waals surface area contributed by atoms with Crippen LogP contribution in [0.4, 0.5) is 0 Å². The molecule has 21 heavy (non-hydrogen) atoms. The molecule has 1 fully saturated rings. The molecule has 1 aliphatic heterocycles. The van der Waals surface area contributed by atoms with E-state index in [0.717, 1.165) is 24.9 Å². The molecule has 0 spiro atoms. The maximum absolute atomic E-state index is 12.6. The smallest absolute Gasteiger partial charge is 0.254 e.